The first-order valence-corrected chi connectivity index (χ1v) is 8.10. The van der Waals surface area contributed by atoms with Gasteiger partial charge in [-0.2, -0.15) is 9.90 Å². The maximum absolute atomic E-state index is 13.0. The van der Waals surface area contributed by atoms with Gasteiger partial charge in [0.05, 0.1) is 12.5 Å². The lowest BCUT2D eigenvalue weighted by Crippen LogP contribution is -2.28. The molecule has 1 aromatic carbocycles. The summed E-state index contributed by atoms with van der Waals surface area (Å²) in [5.41, 5.74) is 0.626. The van der Waals surface area contributed by atoms with Gasteiger partial charge in [-0.3, -0.25) is 9.52 Å². The van der Waals surface area contributed by atoms with Gasteiger partial charge in [0.1, 0.15) is 12.4 Å². The molecule has 118 valence electrons. The fraction of sp³-hybridized carbons (Fsp3) is 0.250. The van der Waals surface area contributed by atoms with Crippen LogP contribution in [0, 0.1) is 5.82 Å². The van der Waals surface area contributed by atoms with Gasteiger partial charge in [-0.15, -0.1) is 5.10 Å². The third-order valence-corrected chi connectivity index (χ3v) is 3.07. The minimum atomic E-state index is -3.44. The van der Waals surface area contributed by atoms with Crippen molar-refractivity contribution in [3.63, 3.8) is 0 Å². The van der Waals surface area contributed by atoms with Crippen LogP contribution in [-0.4, -0.2) is 35.6 Å². The van der Waals surface area contributed by atoms with E-state index in [1.165, 1.54) is 18.3 Å². The molecule has 2 aromatic rings. The highest BCUT2D eigenvalue weighted by Crippen LogP contribution is 2.03. The highest BCUT2D eigenvalue weighted by atomic mass is 32.2. The molecule has 0 unspecified atom stereocenters. The molecule has 0 atom stereocenters. The van der Waals surface area contributed by atoms with Gasteiger partial charge in [-0.05, 0) is 17.7 Å². The molecule has 0 bridgehead atoms. The summed E-state index contributed by atoms with van der Waals surface area (Å²) in [5.74, 6) is -0.733. The highest BCUT2D eigenvalue weighted by Gasteiger charge is 2.09. The molecule has 2 rings (SSSR count). The topological polar surface area (TPSA) is 106 Å². The number of amides is 1. The monoisotopic (exact) mass is 327 g/mol. The van der Waals surface area contributed by atoms with E-state index in [1.54, 1.807) is 12.1 Å². The number of anilines is 1. The molecule has 0 saturated heterocycles. The lowest BCUT2D eigenvalue weighted by molar-refractivity contribution is -0.122. The predicted octanol–water partition coefficient (Wildman–Crippen LogP) is 0.105. The normalized spacial score (nSPS) is 11.2. The van der Waals surface area contributed by atoms with Crippen molar-refractivity contribution in [3.8, 4) is 0 Å². The second kappa shape index (κ2) is 6.52. The molecule has 0 radical (unpaired) electrons. The van der Waals surface area contributed by atoms with Crippen molar-refractivity contribution in [2.75, 3.05) is 11.0 Å². The van der Waals surface area contributed by atoms with Crippen molar-refractivity contribution in [1.29, 1.82) is 0 Å². The minimum Gasteiger partial charge on any atom is -0.350 e. The number of hydrogen-bond acceptors (Lipinski definition) is 5. The Bertz CT molecular complexity index is 775. The van der Waals surface area contributed by atoms with E-state index in [4.69, 9.17) is 0 Å². The van der Waals surface area contributed by atoms with Gasteiger partial charge in [-0.1, -0.05) is 12.1 Å². The summed E-state index contributed by atoms with van der Waals surface area (Å²) in [6, 6.07) is 5.87. The number of hydrogen-bond donors (Lipinski definition) is 2. The van der Waals surface area contributed by atoms with E-state index in [-0.39, 0.29) is 30.6 Å². The van der Waals surface area contributed by atoms with Crippen LogP contribution in [0.5, 0.6) is 0 Å². The number of carbonyl (C=O) groups is 1. The Morgan fingerprint density at radius 1 is 1.41 bits per heavy atom. The third kappa shape index (κ3) is 5.13. The Morgan fingerprint density at radius 2 is 2.18 bits per heavy atom. The van der Waals surface area contributed by atoms with Crippen LogP contribution in [0.1, 0.15) is 5.56 Å². The number of nitrogens with zero attached hydrogens (tertiary/aromatic N) is 3. The Labute approximate surface area is 126 Å². The number of carbonyl (C=O) groups excluding carboxylic acids is 1. The first kappa shape index (κ1) is 15.9. The Morgan fingerprint density at radius 3 is 2.86 bits per heavy atom. The summed E-state index contributed by atoms with van der Waals surface area (Å²) in [6.07, 6.45) is 2.18. The highest BCUT2D eigenvalue weighted by molar-refractivity contribution is 7.92. The number of aromatic nitrogens is 3. The first-order valence-electron chi connectivity index (χ1n) is 6.21. The maximum Gasteiger partial charge on any atom is 0.243 e. The number of rotatable bonds is 6. The lowest BCUT2D eigenvalue weighted by atomic mass is 10.2. The standard InChI is InChI=1S/C12H14FN5O3S/c1-22(20,21)17-11-7-15-18(16-11)8-12(19)14-6-9-3-2-4-10(13)5-9/h2-5,7H,6,8H2,1H3,(H,14,19)(H,16,17). The number of sulfonamides is 1. The van der Waals surface area contributed by atoms with Gasteiger partial charge in [0, 0.05) is 6.54 Å². The Hall–Kier alpha value is -2.49. The van der Waals surface area contributed by atoms with Crippen LogP contribution in [0.3, 0.4) is 0 Å². The molecular formula is C12H14FN5O3S. The molecule has 1 aromatic heterocycles. The summed E-state index contributed by atoms with van der Waals surface area (Å²) >= 11 is 0. The molecule has 0 spiro atoms. The second-order valence-corrected chi connectivity index (χ2v) is 6.29. The van der Waals surface area contributed by atoms with Crippen LogP contribution in [0.25, 0.3) is 0 Å². The van der Waals surface area contributed by atoms with Gasteiger partial charge >= 0.3 is 0 Å². The summed E-state index contributed by atoms with van der Waals surface area (Å²) in [4.78, 5) is 12.8. The van der Waals surface area contributed by atoms with Crippen molar-refractivity contribution >= 4 is 21.7 Å². The van der Waals surface area contributed by atoms with Crippen LogP contribution in [0.4, 0.5) is 10.2 Å². The maximum atomic E-state index is 13.0. The van der Waals surface area contributed by atoms with Crippen LogP contribution < -0.4 is 10.0 Å². The number of halogens is 1. The third-order valence-electron chi connectivity index (χ3n) is 2.49. The van der Waals surface area contributed by atoms with Crippen molar-refractivity contribution in [2.45, 2.75) is 13.1 Å². The zero-order valence-corrected chi connectivity index (χ0v) is 12.5. The van der Waals surface area contributed by atoms with Crippen molar-refractivity contribution in [1.82, 2.24) is 20.3 Å². The average molecular weight is 327 g/mol. The lowest BCUT2D eigenvalue weighted by Gasteiger charge is -2.05. The molecule has 1 amide bonds. The molecule has 10 heteroatoms. The summed E-state index contributed by atoms with van der Waals surface area (Å²) in [7, 11) is -3.44. The van der Waals surface area contributed by atoms with Gasteiger partial charge in [-0.25, -0.2) is 12.8 Å². The zero-order valence-electron chi connectivity index (χ0n) is 11.7. The summed E-state index contributed by atoms with van der Waals surface area (Å²) in [6.45, 7) is -0.00688. The van der Waals surface area contributed by atoms with E-state index < -0.39 is 10.0 Å². The fourth-order valence-electron chi connectivity index (χ4n) is 1.64. The van der Waals surface area contributed by atoms with E-state index in [0.717, 1.165) is 11.1 Å². The Balaban J connectivity index is 1.87. The number of nitrogens with one attached hydrogen (secondary N) is 2. The van der Waals surface area contributed by atoms with Crippen LogP contribution in [0.2, 0.25) is 0 Å². The largest absolute Gasteiger partial charge is 0.350 e. The van der Waals surface area contributed by atoms with Gasteiger partial charge in [0.2, 0.25) is 15.9 Å². The van der Waals surface area contributed by atoms with Crippen LogP contribution in [-0.2, 0) is 27.9 Å². The fourth-order valence-corrected chi connectivity index (χ4v) is 2.12. The van der Waals surface area contributed by atoms with Crippen molar-refractivity contribution in [2.24, 2.45) is 0 Å². The van der Waals surface area contributed by atoms with Crippen LogP contribution in [0.15, 0.2) is 30.5 Å². The molecule has 2 N–H and O–H groups in total. The van der Waals surface area contributed by atoms with Gasteiger partial charge < -0.3 is 5.32 Å². The predicted molar refractivity (Wildman–Crippen MR) is 76.7 cm³/mol. The summed E-state index contributed by atoms with van der Waals surface area (Å²) in [5, 5.41) is 10.2. The molecule has 0 saturated carbocycles. The van der Waals surface area contributed by atoms with E-state index in [2.05, 4.69) is 20.2 Å². The Kier molecular flexibility index (Phi) is 4.71. The van der Waals surface area contributed by atoms with Gasteiger partial charge in [0.15, 0.2) is 5.82 Å². The molecule has 0 aliphatic heterocycles. The van der Waals surface area contributed by atoms with E-state index >= 15 is 0 Å². The first-order chi connectivity index (χ1) is 10.3. The smallest absolute Gasteiger partial charge is 0.243 e. The van der Waals surface area contributed by atoms with E-state index in [0.29, 0.717) is 5.56 Å². The zero-order chi connectivity index (χ0) is 16.2. The molecule has 0 aliphatic carbocycles. The molecule has 8 nitrogen and oxygen atoms in total. The molecule has 1 heterocycles. The molecule has 22 heavy (non-hydrogen) atoms. The minimum absolute atomic E-state index is 0.0282. The number of benzene rings is 1. The summed E-state index contributed by atoms with van der Waals surface area (Å²) < 4.78 is 37.2. The van der Waals surface area contributed by atoms with Crippen LogP contribution >= 0.6 is 0 Å². The van der Waals surface area contributed by atoms with Gasteiger partial charge in [0.25, 0.3) is 0 Å². The van der Waals surface area contributed by atoms with Crippen molar-refractivity contribution < 1.29 is 17.6 Å². The molecular weight excluding hydrogens is 313 g/mol. The average Bonchev–Trinajstić information content (AvgIpc) is 2.81. The quantitative estimate of drug-likeness (QED) is 0.783. The SMILES string of the molecule is CS(=O)(=O)Nc1cnn(CC(=O)NCc2cccc(F)c2)n1. The molecule has 0 fully saturated rings. The second-order valence-electron chi connectivity index (χ2n) is 4.54. The van der Waals surface area contributed by atoms with Crippen molar-refractivity contribution in [3.05, 3.63) is 41.8 Å². The van der Waals surface area contributed by atoms with E-state index in [1.807, 2.05) is 0 Å². The van der Waals surface area contributed by atoms with E-state index in [9.17, 15) is 17.6 Å². The molecule has 0 aliphatic rings.